The highest BCUT2D eigenvalue weighted by Gasteiger charge is 2.01. The maximum absolute atomic E-state index is 9.54. The van der Waals surface area contributed by atoms with Crippen molar-refractivity contribution in [2.75, 3.05) is 0 Å². The normalized spacial score (nSPS) is 14.1. The van der Waals surface area contributed by atoms with E-state index in [4.69, 9.17) is 0 Å². The molecule has 0 aromatic carbocycles. The van der Waals surface area contributed by atoms with E-state index in [9.17, 15) is 5.11 Å². The summed E-state index contributed by atoms with van der Waals surface area (Å²) in [5.74, 6) is 0.578. The minimum absolute atomic E-state index is 0.235. The zero-order valence-electron chi connectivity index (χ0n) is 10.00. The second-order valence-corrected chi connectivity index (χ2v) is 4.47. The van der Waals surface area contributed by atoms with E-state index in [0.717, 1.165) is 12.8 Å². The van der Waals surface area contributed by atoms with Crippen LogP contribution in [0.4, 0.5) is 0 Å². The zero-order chi connectivity index (χ0) is 10.8. The molecule has 1 N–H and O–H groups in total. The molecule has 0 fully saturated rings. The topological polar surface area (TPSA) is 20.2 Å². The van der Waals surface area contributed by atoms with Crippen LogP contribution in [0.25, 0.3) is 0 Å². The Kier molecular flexibility index (Phi) is 9.06. The van der Waals surface area contributed by atoms with E-state index in [1.807, 2.05) is 6.08 Å². The minimum atomic E-state index is -0.235. The lowest BCUT2D eigenvalue weighted by Gasteiger charge is -2.07. The Labute approximate surface area is 89.2 Å². The molecule has 0 saturated carbocycles. The van der Waals surface area contributed by atoms with Gasteiger partial charge in [-0.05, 0) is 25.2 Å². The SMILES string of the molecule is CCCCCC/C=C/[C@H](O)CC(C)C. The van der Waals surface area contributed by atoms with Gasteiger partial charge in [-0.3, -0.25) is 0 Å². The average Bonchev–Trinajstić information content (AvgIpc) is 2.10. The number of unbranched alkanes of at least 4 members (excludes halogenated alkanes) is 4. The van der Waals surface area contributed by atoms with Gasteiger partial charge >= 0.3 is 0 Å². The molecule has 14 heavy (non-hydrogen) atoms. The first-order valence-corrected chi connectivity index (χ1v) is 6.01. The lowest BCUT2D eigenvalue weighted by Crippen LogP contribution is -2.05. The molecule has 0 aromatic heterocycles. The molecule has 0 spiro atoms. The van der Waals surface area contributed by atoms with E-state index >= 15 is 0 Å². The molecule has 1 atom stereocenters. The number of hydrogen-bond acceptors (Lipinski definition) is 1. The fourth-order valence-electron chi connectivity index (χ4n) is 1.50. The molecule has 0 heterocycles. The fourth-order valence-corrected chi connectivity index (χ4v) is 1.50. The first kappa shape index (κ1) is 13.7. The molecule has 1 nitrogen and oxygen atoms in total. The van der Waals surface area contributed by atoms with Crippen molar-refractivity contribution in [2.45, 2.75) is 65.4 Å². The van der Waals surface area contributed by atoms with Crippen molar-refractivity contribution in [3.05, 3.63) is 12.2 Å². The number of aliphatic hydroxyl groups is 1. The largest absolute Gasteiger partial charge is 0.389 e. The third-order valence-corrected chi connectivity index (χ3v) is 2.30. The van der Waals surface area contributed by atoms with Crippen molar-refractivity contribution in [1.29, 1.82) is 0 Å². The molecule has 0 aliphatic carbocycles. The number of hydrogen-bond donors (Lipinski definition) is 1. The Morgan fingerprint density at radius 1 is 1.14 bits per heavy atom. The first-order chi connectivity index (χ1) is 6.66. The molecule has 0 radical (unpaired) electrons. The van der Waals surface area contributed by atoms with E-state index in [1.54, 1.807) is 0 Å². The maximum atomic E-state index is 9.54. The van der Waals surface area contributed by atoms with Gasteiger partial charge in [0.15, 0.2) is 0 Å². The third-order valence-electron chi connectivity index (χ3n) is 2.30. The van der Waals surface area contributed by atoms with E-state index < -0.39 is 0 Å². The predicted octanol–water partition coefficient (Wildman–Crippen LogP) is 3.92. The monoisotopic (exact) mass is 198 g/mol. The van der Waals surface area contributed by atoms with Gasteiger partial charge in [0.2, 0.25) is 0 Å². The van der Waals surface area contributed by atoms with Crippen LogP contribution in [0.2, 0.25) is 0 Å². The van der Waals surface area contributed by atoms with Gasteiger partial charge in [-0.15, -0.1) is 0 Å². The lowest BCUT2D eigenvalue weighted by molar-refractivity contribution is 0.194. The Balaban J connectivity index is 3.33. The fraction of sp³-hybridized carbons (Fsp3) is 0.846. The molecule has 0 rings (SSSR count). The second-order valence-electron chi connectivity index (χ2n) is 4.47. The van der Waals surface area contributed by atoms with Gasteiger partial charge in [-0.2, -0.15) is 0 Å². The molecule has 84 valence electrons. The number of aliphatic hydroxyl groups excluding tert-OH is 1. The van der Waals surface area contributed by atoms with E-state index in [2.05, 4.69) is 26.8 Å². The van der Waals surface area contributed by atoms with Gasteiger partial charge in [0.25, 0.3) is 0 Å². The minimum Gasteiger partial charge on any atom is -0.389 e. The van der Waals surface area contributed by atoms with Crippen LogP contribution >= 0.6 is 0 Å². The third kappa shape index (κ3) is 9.79. The Hall–Kier alpha value is -0.300. The quantitative estimate of drug-likeness (QED) is 0.463. The molecule has 0 aliphatic heterocycles. The highest BCUT2D eigenvalue weighted by atomic mass is 16.3. The Morgan fingerprint density at radius 3 is 2.43 bits per heavy atom. The highest BCUT2D eigenvalue weighted by Crippen LogP contribution is 2.07. The van der Waals surface area contributed by atoms with Crippen LogP contribution < -0.4 is 0 Å². The van der Waals surface area contributed by atoms with Crippen molar-refractivity contribution in [1.82, 2.24) is 0 Å². The van der Waals surface area contributed by atoms with Crippen molar-refractivity contribution in [2.24, 2.45) is 5.92 Å². The van der Waals surface area contributed by atoms with Crippen LogP contribution in [-0.2, 0) is 0 Å². The highest BCUT2D eigenvalue weighted by molar-refractivity contribution is 4.88. The summed E-state index contributed by atoms with van der Waals surface area (Å²) in [5, 5.41) is 9.54. The molecule has 0 aliphatic rings. The first-order valence-electron chi connectivity index (χ1n) is 6.01. The average molecular weight is 198 g/mol. The van der Waals surface area contributed by atoms with Gasteiger partial charge in [0.1, 0.15) is 0 Å². The number of rotatable bonds is 8. The van der Waals surface area contributed by atoms with Crippen LogP contribution in [0.5, 0.6) is 0 Å². The molecular weight excluding hydrogens is 172 g/mol. The van der Waals surface area contributed by atoms with E-state index in [-0.39, 0.29) is 6.10 Å². The smallest absolute Gasteiger partial charge is 0.0723 e. The van der Waals surface area contributed by atoms with Crippen molar-refractivity contribution >= 4 is 0 Å². The van der Waals surface area contributed by atoms with E-state index in [0.29, 0.717) is 5.92 Å². The van der Waals surface area contributed by atoms with E-state index in [1.165, 1.54) is 25.7 Å². The Bertz CT molecular complexity index is 138. The molecule has 0 amide bonds. The summed E-state index contributed by atoms with van der Waals surface area (Å²) in [6, 6.07) is 0. The summed E-state index contributed by atoms with van der Waals surface area (Å²) in [6.07, 6.45) is 11.1. The van der Waals surface area contributed by atoms with Crippen LogP contribution in [0, 0.1) is 5.92 Å². The van der Waals surface area contributed by atoms with Crippen LogP contribution in [0.3, 0.4) is 0 Å². The van der Waals surface area contributed by atoms with Gasteiger partial charge in [-0.25, -0.2) is 0 Å². The van der Waals surface area contributed by atoms with Gasteiger partial charge in [0, 0.05) is 0 Å². The van der Waals surface area contributed by atoms with Crippen LogP contribution in [0.15, 0.2) is 12.2 Å². The number of allylic oxidation sites excluding steroid dienone is 1. The van der Waals surface area contributed by atoms with Gasteiger partial charge < -0.3 is 5.11 Å². The van der Waals surface area contributed by atoms with Crippen molar-refractivity contribution in [3.63, 3.8) is 0 Å². The summed E-state index contributed by atoms with van der Waals surface area (Å²) >= 11 is 0. The molecule has 0 bridgehead atoms. The summed E-state index contributed by atoms with van der Waals surface area (Å²) in [7, 11) is 0. The summed E-state index contributed by atoms with van der Waals surface area (Å²) in [4.78, 5) is 0. The van der Waals surface area contributed by atoms with Crippen LogP contribution in [-0.4, -0.2) is 11.2 Å². The summed E-state index contributed by atoms with van der Waals surface area (Å²) in [5.41, 5.74) is 0. The standard InChI is InChI=1S/C13H26O/c1-4-5-6-7-8-9-10-13(14)11-12(2)3/h9-10,12-14H,4-8,11H2,1-3H3/b10-9+/t13-/m0/s1. The Morgan fingerprint density at radius 2 is 1.86 bits per heavy atom. The van der Waals surface area contributed by atoms with Crippen molar-refractivity contribution in [3.8, 4) is 0 Å². The molecule has 0 aromatic rings. The zero-order valence-corrected chi connectivity index (χ0v) is 10.00. The van der Waals surface area contributed by atoms with Crippen LogP contribution in [0.1, 0.15) is 59.3 Å². The van der Waals surface area contributed by atoms with Gasteiger partial charge in [-0.1, -0.05) is 52.2 Å². The summed E-state index contributed by atoms with van der Waals surface area (Å²) < 4.78 is 0. The predicted molar refractivity (Wildman–Crippen MR) is 63.4 cm³/mol. The molecule has 0 saturated heterocycles. The van der Waals surface area contributed by atoms with Gasteiger partial charge in [0.05, 0.1) is 6.10 Å². The molecule has 0 unspecified atom stereocenters. The molecule has 1 heteroatoms. The van der Waals surface area contributed by atoms with Crippen molar-refractivity contribution < 1.29 is 5.11 Å². The summed E-state index contributed by atoms with van der Waals surface area (Å²) in [6.45, 7) is 6.50. The lowest BCUT2D eigenvalue weighted by atomic mass is 10.1. The maximum Gasteiger partial charge on any atom is 0.0723 e. The second kappa shape index (κ2) is 9.26. The molecular formula is C13H26O.